The average molecular weight is 640 g/mol. The Morgan fingerprint density at radius 3 is 2.44 bits per heavy atom. The highest BCUT2D eigenvalue weighted by Crippen LogP contribution is 2.35. The molecule has 2 amide bonds. The van der Waals surface area contributed by atoms with Crippen molar-refractivity contribution in [2.45, 2.75) is 36.9 Å². The molecule has 0 spiro atoms. The number of carbonyl (C=O) groups excluding carboxylic acids is 2. The number of aliphatic imine (C=N–C) groups is 1. The Hall–Kier alpha value is -3.44. The van der Waals surface area contributed by atoms with E-state index >= 15 is 0 Å². The van der Waals surface area contributed by atoms with E-state index in [1.165, 1.54) is 19.9 Å². The zero-order chi connectivity index (χ0) is 31.0. The molecule has 2 aromatic rings. The Bertz CT molecular complexity index is 1680. The lowest BCUT2D eigenvalue weighted by atomic mass is 10.2. The molecule has 11 nitrogen and oxygen atoms in total. The molecule has 3 rings (SSSR count). The first-order valence-corrected chi connectivity index (χ1v) is 14.3. The van der Waals surface area contributed by atoms with Crippen LogP contribution < -0.4 is 16.0 Å². The molecule has 1 N–H and O–H groups in total. The van der Waals surface area contributed by atoms with E-state index in [0.717, 1.165) is 29.8 Å². The first-order valence-electron chi connectivity index (χ1n) is 11.5. The van der Waals surface area contributed by atoms with Gasteiger partial charge in [0.05, 0.1) is 21.6 Å². The second-order valence-electron chi connectivity index (χ2n) is 8.86. The maximum absolute atomic E-state index is 14.9. The summed E-state index contributed by atoms with van der Waals surface area (Å²) < 4.78 is 80.7. The van der Waals surface area contributed by atoms with Gasteiger partial charge in [0.2, 0.25) is 21.8 Å². The number of hydrogen-bond donors (Lipinski definition) is 1. The highest BCUT2D eigenvalue weighted by atomic mass is 35.5. The van der Waals surface area contributed by atoms with Gasteiger partial charge < -0.3 is 0 Å². The number of sulfonamides is 1. The molecule has 41 heavy (non-hydrogen) atoms. The third kappa shape index (κ3) is 6.73. The summed E-state index contributed by atoms with van der Waals surface area (Å²) in [4.78, 5) is 55.8. The molecule has 2 heterocycles. The molecule has 0 saturated carbocycles. The van der Waals surface area contributed by atoms with Gasteiger partial charge in [0.15, 0.2) is 5.17 Å². The number of nitrogens with one attached hydrogen (secondary N) is 1. The molecule has 1 saturated heterocycles. The van der Waals surface area contributed by atoms with Crippen molar-refractivity contribution in [1.29, 1.82) is 0 Å². The largest absolute Gasteiger partial charge is 0.431 e. The van der Waals surface area contributed by atoms with Gasteiger partial charge in [-0.2, -0.15) is 13.2 Å². The number of aromatic nitrogens is 2. The van der Waals surface area contributed by atoms with Crippen molar-refractivity contribution in [2.75, 3.05) is 6.54 Å². The van der Waals surface area contributed by atoms with Crippen molar-refractivity contribution in [3.8, 4) is 5.69 Å². The Kier molecular flexibility index (Phi) is 9.24. The van der Waals surface area contributed by atoms with Crippen LogP contribution >= 0.6 is 23.4 Å². The van der Waals surface area contributed by atoms with Crippen molar-refractivity contribution < 1.29 is 35.6 Å². The Morgan fingerprint density at radius 1 is 1.24 bits per heavy atom. The van der Waals surface area contributed by atoms with Crippen LogP contribution in [0.2, 0.25) is 5.02 Å². The minimum atomic E-state index is -5.03. The van der Waals surface area contributed by atoms with Crippen molar-refractivity contribution in [3.63, 3.8) is 0 Å². The summed E-state index contributed by atoms with van der Waals surface area (Å²) in [6, 6.07) is 1.65. The number of nitrogens with zero attached hydrogens (tertiary/aromatic N) is 4. The molecule has 1 atom stereocenters. The van der Waals surface area contributed by atoms with Crippen molar-refractivity contribution in [3.05, 3.63) is 68.2 Å². The van der Waals surface area contributed by atoms with Gasteiger partial charge in [-0.3, -0.25) is 28.6 Å². The summed E-state index contributed by atoms with van der Waals surface area (Å²) in [6.45, 7) is 6.16. The summed E-state index contributed by atoms with van der Waals surface area (Å²) in [6.07, 6.45) is -4.24. The van der Waals surface area contributed by atoms with Gasteiger partial charge in [0.25, 0.3) is 5.56 Å². The number of thioether (sulfide) groups is 1. The Labute approximate surface area is 239 Å². The lowest BCUT2D eigenvalue weighted by Gasteiger charge is -2.16. The fourth-order valence-electron chi connectivity index (χ4n) is 3.51. The average Bonchev–Trinajstić information content (AvgIpc) is 3.12. The van der Waals surface area contributed by atoms with Gasteiger partial charge in [-0.15, -0.1) is 6.58 Å². The normalized spacial score (nSPS) is 17.0. The molecule has 1 unspecified atom stereocenters. The van der Waals surface area contributed by atoms with Gasteiger partial charge in [-0.1, -0.05) is 29.4 Å². The molecule has 0 aliphatic carbocycles. The van der Waals surface area contributed by atoms with Crippen LogP contribution in [-0.2, 0) is 32.8 Å². The number of amides is 2. The van der Waals surface area contributed by atoms with Gasteiger partial charge in [-0.25, -0.2) is 27.2 Å². The van der Waals surface area contributed by atoms with Crippen molar-refractivity contribution >= 4 is 56.1 Å². The molecule has 0 bridgehead atoms. The minimum Gasteiger partial charge on any atom is -0.292 e. The predicted octanol–water partition coefficient (Wildman–Crippen LogP) is 2.71. The van der Waals surface area contributed by atoms with Crippen LogP contribution in [0, 0.1) is 5.82 Å². The molecule has 222 valence electrons. The lowest BCUT2D eigenvalue weighted by Crippen LogP contribution is -2.41. The Balaban J connectivity index is 2.06. The van der Waals surface area contributed by atoms with Crippen LogP contribution in [0.5, 0.6) is 0 Å². The zero-order valence-electron chi connectivity index (χ0n) is 21.5. The molecule has 18 heteroatoms. The van der Waals surface area contributed by atoms with Crippen LogP contribution in [0.1, 0.15) is 26.0 Å². The minimum absolute atomic E-state index is 0.0634. The molecule has 1 aromatic heterocycles. The standard InChI is InChI=1S/C23H22ClF4N5O6S2/c1-5-6-32-20(36)16(9-18(34)30-41(38,39)11(2)3)40-21(32)29-14-8-15(13(25)7-12(14)24)33-19(35)10-17(23(26,27)28)31(4)22(33)37/h5,7-8,10-11,16H,1,6,9H2,2-4H3,(H,30,34). The van der Waals surface area contributed by atoms with Gasteiger partial charge in [-0.05, 0) is 26.0 Å². The summed E-state index contributed by atoms with van der Waals surface area (Å²) >= 11 is 6.88. The van der Waals surface area contributed by atoms with E-state index in [9.17, 15) is 45.2 Å². The number of amidine groups is 1. The van der Waals surface area contributed by atoms with Gasteiger partial charge >= 0.3 is 11.9 Å². The number of hydrogen-bond acceptors (Lipinski definition) is 8. The number of rotatable bonds is 8. The monoisotopic (exact) mass is 639 g/mol. The van der Waals surface area contributed by atoms with E-state index in [1.54, 1.807) is 0 Å². The maximum Gasteiger partial charge on any atom is 0.431 e. The van der Waals surface area contributed by atoms with Gasteiger partial charge in [0.1, 0.15) is 16.8 Å². The summed E-state index contributed by atoms with van der Waals surface area (Å²) in [7, 11) is -3.20. The number of halogens is 5. The van der Waals surface area contributed by atoms with Crippen molar-refractivity contribution in [1.82, 2.24) is 18.8 Å². The quantitative estimate of drug-likeness (QED) is 0.346. The topological polar surface area (TPSA) is 140 Å². The first kappa shape index (κ1) is 32.1. The molecular weight excluding hydrogens is 618 g/mol. The SMILES string of the molecule is C=CCN1C(=O)C(CC(=O)NS(=O)(=O)C(C)C)SC1=Nc1cc(-n2c(=O)cc(C(F)(F)F)n(C)c2=O)c(F)cc1Cl. The highest BCUT2D eigenvalue weighted by molar-refractivity contribution is 8.15. The second-order valence-corrected chi connectivity index (χ2v) is 12.7. The molecule has 1 aliphatic rings. The van der Waals surface area contributed by atoms with E-state index in [4.69, 9.17) is 11.6 Å². The summed E-state index contributed by atoms with van der Waals surface area (Å²) in [5.74, 6) is -2.79. The number of carbonyl (C=O) groups is 2. The summed E-state index contributed by atoms with van der Waals surface area (Å²) in [5.41, 5.74) is -5.54. The predicted molar refractivity (Wildman–Crippen MR) is 144 cm³/mol. The molecule has 0 radical (unpaired) electrons. The van der Waals surface area contributed by atoms with E-state index in [1.807, 2.05) is 4.72 Å². The van der Waals surface area contributed by atoms with Crippen LogP contribution in [0.25, 0.3) is 5.69 Å². The molecule has 1 aliphatic heterocycles. The van der Waals surface area contributed by atoms with Gasteiger partial charge in [0, 0.05) is 26.1 Å². The zero-order valence-corrected chi connectivity index (χ0v) is 23.9. The van der Waals surface area contributed by atoms with E-state index in [-0.39, 0.29) is 37.6 Å². The first-order chi connectivity index (χ1) is 18.9. The number of alkyl halides is 3. The van der Waals surface area contributed by atoms with Crippen LogP contribution in [0.3, 0.4) is 0 Å². The third-order valence-corrected chi connectivity index (χ3v) is 8.89. The smallest absolute Gasteiger partial charge is 0.292 e. The van der Waals surface area contributed by atoms with Crippen LogP contribution in [-0.4, -0.2) is 56.5 Å². The Morgan fingerprint density at radius 2 is 1.88 bits per heavy atom. The van der Waals surface area contributed by atoms with Crippen LogP contribution in [0.15, 0.2) is 45.4 Å². The number of benzene rings is 1. The van der Waals surface area contributed by atoms with E-state index in [2.05, 4.69) is 11.6 Å². The highest BCUT2D eigenvalue weighted by Gasteiger charge is 2.39. The molecule has 1 aromatic carbocycles. The summed E-state index contributed by atoms with van der Waals surface area (Å²) in [5, 5.41) is -2.42. The lowest BCUT2D eigenvalue weighted by molar-refractivity contribution is -0.144. The van der Waals surface area contributed by atoms with E-state index in [0.29, 0.717) is 6.07 Å². The maximum atomic E-state index is 14.9. The van der Waals surface area contributed by atoms with E-state index < -0.39 is 73.4 Å². The second kappa shape index (κ2) is 11.8. The van der Waals surface area contributed by atoms with Crippen molar-refractivity contribution in [2.24, 2.45) is 12.0 Å². The fourth-order valence-corrected chi connectivity index (χ4v) is 5.50. The fraction of sp³-hybridized carbons (Fsp3) is 0.348. The third-order valence-electron chi connectivity index (χ3n) is 5.66. The molecule has 1 fully saturated rings. The molecular formula is C23H22ClF4N5O6S2. The van der Waals surface area contributed by atoms with Crippen LogP contribution in [0.4, 0.5) is 23.2 Å².